The van der Waals surface area contributed by atoms with Crippen LogP contribution < -0.4 is 16.2 Å². The minimum Gasteiger partial charge on any atom is -0.324 e. The lowest BCUT2D eigenvalue weighted by Crippen LogP contribution is -2.43. The fourth-order valence-electron chi connectivity index (χ4n) is 2.28. The van der Waals surface area contributed by atoms with Gasteiger partial charge in [0, 0.05) is 29.3 Å². The van der Waals surface area contributed by atoms with E-state index < -0.39 is 11.9 Å². The van der Waals surface area contributed by atoms with Crippen molar-refractivity contribution in [3.05, 3.63) is 84.2 Å². The summed E-state index contributed by atoms with van der Waals surface area (Å²) in [4.78, 5) is 23.9. The van der Waals surface area contributed by atoms with Crippen LogP contribution in [0.4, 0.5) is 10.5 Å². The number of urea groups is 1. The smallest absolute Gasteiger partial charge is 0.324 e. The van der Waals surface area contributed by atoms with Crippen molar-refractivity contribution >= 4 is 17.6 Å². The number of carbonyl (C=O) groups is 2. The number of amides is 3. The van der Waals surface area contributed by atoms with Crippen molar-refractivity contribution in [2.45, 2.75) is 6.92 Å². The number of hydrogen-bond acceptors (Lipinski definition) is 2. The van der Waals surface area contributed by atoms with E-state index in [1.165, 1.54) is 0 Å². The molecule has 0 saturated carbocycles. The van der Waals surface area contributed by atoms with E-state index in [4.69, 9.17) is 0 Å². The van der Waals surface area contributed by atoms with E-state index in [1.807, 2.05) is 60.3 Å². The summed E-state index contributed by atoms with van der Waals surface area (Å²) in [6, 6.07) is 17.8. The molecule has 0 fully saturated rings. The van der Waals surface area contributed by atoms with Gasteiger partial charge < -0.3 is 9.88 Å². The number of hydrazine groups is 1. The zero-order valence-electron chi connectivity index (χ0n) is 13.7. The number of hydrogen-bond donors (Lipinski definition) is 3. The predicted molar refractivity (Wildman–Crippen MR) is 96.6 cm³/mol. The van der Waals surface area contributed by atoms with Gasteiger partial charge in [-0.15, -0.1) is 0 Å². The van der Waals surface area contributed by atoms with Crippen LogP contribution in [0.2, 0.25) is 0 Å². The van der Waals surface area contributed by atoms with Crippen molar-refractivity contribution in [3.63, 3.8) is 0 Å². The van der Waals surface area contributed by atoms with Gasteiger partial charge in [-0.25, -0.2) is 10.2 Å². The third-order valence-corrected chi connectivity index (χ3v) is 3.63. The summed E-state index contributed by atoms with van der Waals surface area (Å²) >= 11 is 0. The van der Waals surface area contributed by atoms with Gasteiger partial charge in [0.25, 0.3) is 5.91 Å². The maximum Gasteiger partial charge on any atom is 0.337 e. The maximum atomic E-state index is 12.1. The molecule has 0 saturated heterocycles. The molecule has 0 unspecified atom stereocenters. The number of nitrogens with one attached hydrogen (secondary N) is 3. The van der Waals surface area contributed by atoms with Crippen LogP contribution in [0.25, 0.3) is 5.69 Å². The zero-order valence-corrected chi connectivity index (χ0v) is 13.7. The van der Waals surface area contributed by atoms with Crippen LogP contribution in [-0.4, -0.2) is 16.5 Å². The third-order valence-electron chi connectivity index (χ3n) is 3.63. The maximum absolute atomic E-state index is 12.1. The summed E-state index contributed by atoms with van der Waals surface area (Å²) in [5.41, 5.74) is 7.86. The second kappa shape index (κ2) is 7.35. The molecule has 6 nitrogen and oxygen atoms in total. The van der Waals surface area contributed by atoms with Gasteiger partial charge in [-0.05, 0) is 55.5 Å². The summed E-state index contributed by atoms with van der Waals surface area (Å²) in [6.07, 6.45) is 3.85. The van der Waals surface area contributed by atoms with Crippen LogP contribution in [0.5, 0.6) is 0 Å². The van der Waals surface area contributed by atoms with Crippen molar-refractivity contribution in [1.29, 1.82) is 0 Å². The lowest BCUT2D eigenvalue weighted by Gasteiger charge is -2.10. The monoisotopic (exact) mass is 334 g/mol. The molecule has 0 aliphatic rings. The van der Waals surface area contributed by atoms with E-state index in [0.717, 1.165) is 11.3 Å². The van der Waals surface area contributed by atoms with Gasteiger partial charge >= 0.3 is 6.03 Å². The lowest BCUT2D eigenvalue weighted by atomic mass is 10.2. The highest BCUT2D eigenvalue weighted by molar-refractivity contribution is 5.97. The van der Waals surface area contributed by atoms with E-state index in [0.29, 0.717) is 11.3 Å². The van der Waals surface area contributed by atoms with Crippen molar-refractivity contribution in [2.75, 3.05) is 5.32 Å². The molecule has 3 N–H and O–H groups in total. The van der Waals surface area contributed by atoms with Crippen LogP contribution in [0.3, 0.4) is 0 Å². The van der Waals surface area contributed by atoms with Crippen molar-refractivity contribution in [2.24, 2.45) is 0 Å². The first-order chi connectivity index (χ1) is 12.1. The summed E-state index contributed by atoms with van der Waals surface area (Å²) in [5, 5.41) is 2.64. The van der Waals surface area contributed by atoms with Crippen LogP contribution in [0.15, 0.2) is 73.1 Å². The van der Waals surface area contributed by atoms with E-state index in [-0.39, 0.29) is 0 Å². The predicted octanol–water partition coefficient (Wildman–Crippen LogP) is 3.25. The molecule has 3 amide bonds. The first kappa shape index (κ1) is 16.3. The Bertz CT molecular complexity index is 853. The molecule has 25 heavy (non-hydrogen) atoms. The summed E-state index contributed by atoms with van der Waals surface area (Å²) in [7, 11) is 0. The van der Waals surface area contributed by atoms with E-state index in [2.05, 4.69) is 16.2 Å². The second-order valence-corrected chi connectivity index (χ2v) is 5.54. The van der Waals surface area contributed by atoms with Gasteiger partial charge in [0.15, 0.2) is 0 Å². The first-order valence-electron chi connectivity index (χ1n) is 7.79. The number of nitrogens with zero attached hydrogens (tertiary/aromatic N) is 1. The molecule has 0 bridgehead atoms. The Hall–Kier alpha value is -3.54. The molecule has 126 valence electrons. The average molecular weight is 334 g/mol. The normalized spacial score (nSPS) is 10.1. The zero-order chi connectivity index (χ0) is 17.6. The van der Waals surface area contributed by atoms with Gasteiger partial charge in [-0.2, -0.15) is 0 Å². The van der Waals surface area contributed by atoms with Gasteiger partial charge in [-0.3, -0.25) is 10.2 Å². The van der Waals surface area contributed by atoms with Crippen molar-refractivity contribution in [1.82, 2.24) is 15.4 Å². The van der Waals surface area contributed by atoms with E-state index in [9.17, 15) is 9.59 Å². The molecule has 0 spiro atoms. The summed E-state index contributed by atoms with van der Waals surface area (Å²) in [5.74, 6) is -0.391. The Balaban J connectivity index is 1.53. The topological polar surface area (TPSA) is 75.2 Å². The SMILES string of the molecule is Cc1ccc(NC(=O)NNC(=O)c2ccc(-n3cccc3)cc2)cc1. The molecule has 0 aliphatic carbocycles. The second-order valence-electron chi connectivity index (χ2n) is 5.54. The number of carbonyl (C=O) groups excluding carboxylic acids is 2. The molecule has 3 aromatic rings. The van der Waals surface area contributed by atoms with Crippen molar-refractivity contribution in [3.8, 4) is 5.69 Å². The fraction of sp³-hybridized carbons (Fsp3) is 0.0526. The Labute approximate surface area is 145 Å². The molecule has 1 heterocycles. The first-order valence-corrected chi connectivity index (χ1v) is 7.79. The highest BCUT2D eigenvalue weighted by Crippen LogP contribution is 2.10. The van der Waals surface area contributed by atoms with Crippen molar-refractivity contribution < 1.29 is 9.59 Å². The molecule has 0 aliphatic heterocycles. The highest BCUT2D eigenvalue weighted by atomic mass is 16.2. The molecule has 0 atom stereocenters. The van der Waals surface area contributed by atoms with Gasteiger partial charge in [-0.1, -0.05) is 17.7 Å². The Morgan fingerprint density at radius 1 is 0.840 bits per heavy atom. The Morgan fingerprint density at radius 2 is 1.48 bits per heavy atom. The highest BCUT2D eigenvalue weighted by Gasteiger charge is 2.07. The third kappa shape index (κ3) is 4.26. The molecule has 0 radical (unpaired) electrons. The fourth-order valence-corrected chi connectivity index (χ4v) is 2.28. The minimum atomic E-state index is -0.513. The average Bonchev–Trinajstić information content (AvgIpc) is 3.16. The number of aromatic nitrogens is 1. The van der Waals surface area contributed by atoms with Crippen LogP contribution >= 0.6 is 0 Å². The van der Waals surface area contributed by atoms with Gasteiger partial charge in [0.1, 0.15) is 0 Å². The Kier molecular flexibility index (Phi) is 4.80. The van der Waals surface area contributed by atoms with Crippen LogP contribution in [0, 0.1) is 6.92 Å². The number of benzene rings is 2. The van der Waals surface area contributed by atoms with E-state index >= 15 is 0 Å². The van der Waals surface area contributed by atoms with Crippen LogP contribution in [0.1, 0.15) is 15.9 Å². The number of rotatable bonds is 3. The van der Waals surface area contributed by atoms with E-state index in [1.54, 1.807) is 24.3 Å². The molecular formula is C19H18N4O2. The molecule has 2 aromatic carbocycles. The summed E-state index contributed by atoms with van der Waals surface area (Å²) < 4.78 is 1.94. The lowest BCUT2D eigenvalue weighted by molar-refractivity contribution is 0.0938. The molecule has 1 aromatic heterocycles. The van der Waals surface area contributed by atoms with Crippen LogP contribution in [-0.2, 0) is 0 Å². The quantitative estimate of drug-likeness (QED) is 0.643. The van der Waals surface area contributed by atoms with Gasteiger partial charge in [0.2, 0.25) is 0 Å². The minimum absolute atomic E-state index is 0.391. The standard InChI is InChI=1S/C19H18N4O2/c1-14-4-8-16(9-5-14)20-19(25)22-21-18(24)15-6-10-17(11-7-15)23-12-2-3-13-23/h2-13H,1H3,(H,21,24)(H2,20,22,25). The summed E-state index contributed by atoms with van der Waals surface area (Å²) in [6.45, 7) is 1.96. The molecular weight excluding hydrogens is 316 g/mol. The van der Waals surface area contributed by atoms with Gasteiger partial charge in [0.05, 0.1) is 0 Å². The largest absolute Gasteiger partial charge is 0.337 e. The molecule has 6 heteroatoms. The number of anilines is 1. The number of aryl methyl sites for hydroxylation is 1. The molecule has 3 rings (SSSR count). The Morgan fingerprint density at radius 3 is 2.12 bits per heavy atom.